The first-order valence-electron chi connectivity index (χ1n) is 5.68. The Kier molecular flexibility index (Phi) is 5.49. The van der Waals surface area contributed by atoms with E-state index in [9.17, 15) is 9.90 Å². The van der Waals surface area contributed by atoms with Crippen LogP contribution in [0.4, 0.5) is 0 Å². The summed E-state index contributed by atoms with van der Waals surface area (Å²) in [5.41, 5.74) is 0. The molecule has 0 spiro atoms. The molecule has 0 saturated heterocycles. The van der Waals surface area contributed by atoms with Gasteiger partial charge in [-0.1, -0.05) is 32.8 Å². The molecule has 2 N–H and O–H groups in total. The highest BCUT2D eigenvalue weighted by Crippen LogP contribution is 2.13. The predicted octanol–water partition coefficient (Wildman–Crippen LogP) is 2.28. The lowest BCUT2D eigenvalue weighted by molar-refractivity contribution is 0.0819. The van der Waals surface area contributed by atoms with Crippen LogP contribution < -0.4 is 5.32 Å². The van der Waals surface area contributed by atoms with Crippen molar-refractivity contribution in [3.05, 3.63) is 22.4 Å². The molecule has 4 heteroatoms. The van der Waals surface area contributed by atoms with Crippen molar-refractivity contribution in [2.45, 2.75) is 32.8 Å². The van der Waals surface area contributed by atoms with Crippen molar-refractivity contribution in [3.63, 3.8) is 0 Å². The summed E-state index contributed by atoms with van der Waals surface area (Å²) in [7, 11) is 0. The molecule has 0 aliphatic heterocycles. The highest BCUT2D eigenvalue weighted by molar-refractivity contribution is 7.12. The van der Waals surface area contributed by atoms with Gasteiger partial charge < -0.3 is 10.4 Å². The van der Waals surface area contributed by atoms with E-state index in [4.69, 9.17) is 0 Å². The quantitative estimate of drug-likeness (QED) is 0.802. The Morgan fingerprint density at radius 3 is 2.69 bits per heavy atom. The van der Waals surface area contributed by atoms with Gasteiger partial charge in [0.25, 0.3) is 5.91 Å². The van der Waals surface area contributed by atoms with Crippen LogP contribution in [0.5, 0.6) is 0 Å². The van der Waals surface area contributed by atoms with Gasteiger partial charge in [0.1, 0.15) is 0 Å². The van der Waals surface area contributed by atoms with Crippen molar-refractivity contribution >= 4 is 17.2 Å². The van der Waals surface area contributed by atoms with Crippen LogP contribution in [0.25, 0.3) is 0 Å². The lowest BCUT2D eigenvalue weighted by Crippen LogP contribution is -2.35. The van der Waals surface area contributed by atoms with Crippen LogP contribution in [-0.4, -0.2) is 23.7 Å². The van der Waals surface area contributed by atoms with Crippen molar-refractivity contribution in [2.75, 3.05) is 6.54 Å². The van der Waals surface area contributed by atoms with E-state index in [1.165, 1.54) is 11.3 Å². The van der Waals surface area contributed by atoms with Crippen molar-refractivity contribution in [3.8, 4) is 0 Å². The predicted molar refractivity (Wildman–Crippen MR) is 66.7 cm³/mol. The third-order valence-electron chi connectivity index (χ3n) is 2.81. The van der Waals surface area contributed by atoms with E-state index < -0.39 is 6.10 Å². The Hall–Kier alpha value is -0.870. The van der Waals surface area contributed by atoms with Gasteiger partial charge in [-0.2, -0.15) is 0 Å². The molecule has 1 aromatic rings. The summed E-state index contributed by atoms with van der Waals surface area (Å²) in [6.45, 7) is 4.44. The minimum atomic E-state index is -0.445. The van der Waals surface area contributed by atoms with Crippen molar-refractivity contribution in [1.82, 2.24) is 5.32 Å². The Balaban J connectivity index is 2.37. The lowest BCUT2D eigenvalue weighted by atomic mass is 9.96. The molecule has 3 nitrogen and oxygen atoms in total. The van der Waals surface area contributed by atoms with Gasteiger partial charge in [-0.3, -0.25) is 4.79 Å². The molecule has 0 bridgehead atoms. The maximum absolute atomic E-state index is 11.6. The van der Waals surface area contributed by atoms with Crippen LogP contribution in [0.3, 0.4) is 0 Å². The number of nitrogens with one attached hydrogen (secondary N) is 1. The molecule has 0 radical (unpaired) electrons. The van der Waals surface area contributed by atoms with E-state index in [1.807, 2.05) is 11.4 Å². The number of carbonyl (C=O) groups excluding carboxylic acids is 1. The molecule has 0 saturated carbocycles. The zero-order chi connectivity index (χ0) is 12.0. The summed E-state index contributed by atoms with van der Waals surface area (Å²) in [6.07, 6.45) is 1.43. The minimum absolute atomic E-state index is 0.0972. The van der Waals surface area contributed by atoms with Gasteiger partial charge in [0, 0.05) is 6.54 Å². The second kappa shape index (κ2) is 6.66. The van der Waals surface area contributed by atoms with Crippen LogP contribution in [-0.2, 0) is 0 Å². The van der Waals surface area contributed by atoms with Gasteiger partial charge in [-0.15, -0.1) is 11.3 Å². The third-order valence-corrected chi connectivity index (χ3v) is 3.68. The van der Waals surface area contributed by atoms with Crippen LogP contribution in [0, 0.1) is 5.92 Å². The van der Waals surface area contributed by atoms with Crippen LogP contribution in [0.15, 0.2) is 17.5 Å². The van der Waals surface area contributed by atoms with E-state index in [1.54, 1.807) is 6.07 Å². The van der Waals surface area contributed by atoms with Gasteiger partial charge in [0.05, 0.1) is 11.0 Å². The molecular formula is C12H19NO2S. The SMILES string of the molecule is CCC(CC)C(O)CNC(=O)c1cccs1. The molecule has 1 rings (SSSR count). The lowest BCUT2D eigenvalue weighted by Gasteiger charge is -2.20. The molecule has 1 aromatic heterocycles. The molecule has 1 atom stereocenters. The first-order valence-corrected chi connectivity index (χ1v) is 6.56. The molecule has 0 aliphatic carbocycles. The smallest absolute Gasteiger partial charge is 0.261 e. The maximum atomic E-state index is 11.6. The summed E-state index contributed by atoms with van der Waals surface area (Å²) in [5.74, 6) is 0.170. The standard InChI is InChI=1S/C12H19NO2S/c1-3-9(4-2)10(14)8-13-12(15)11-6-5-7-16-11/h5-7,9-10,14H,3-4,8H2,1-2H3,(H,13,15). The highest BCUT2D eigenvalue weighted by atomic mass is 32.1. The zero-order valence-electron chi connectivity index (χ0n) is 9.77. The average molecular weight is 241 g/mol. The summed E-state index contributed by atoms with van der Waals surface area (Å²) in [6, 6.07) is 3.63. The molecule has 0 aliphatic rings. The average Bonchev–Trinajstić information content (AvgIpc) is 2.81. The number of rotatable bonds is 6. The van der Waals surface area contributed by atoms with E-state index in [0.717, 1.165) is 12.8 Å². The third kappa shape index (κ3) is 3.61. The molecule has 16 heavy (non-hydrogen) atoms. The Morgan fingerprint density at radius 2 is 2.19 bits per heavy atom. The fourth-order valence-corrected chi connectivity index (χ4v) is 2.33. The Labute approximate surface area is 100 Å². The number of hydrogen-bond donors (Lipinski definition) is 2. The summed E-state index contributed by atoms with van der Waals surface area (Å²) >= 11 is 1.41. The summed E-state index contributed by atoms with van der Waals surface area (Å²) in [5, 5.41) is 14.5. The highest BCUT2D eigenvalue weighted by Gasteiger charge is 2.16. The molecule has 0 aromatic carbocycles. The number of aliphatic hydroxyl groups is 1. The van der Waals surface area contributed by atoms with E-state index in [-0.39, 0.29) is 11.8 Å². The normalized spacial score (nSPS) is 12.8. The number of carbonyl (C=O) groups is 1. The molecule has 90 valence electrons. The van der Waals surface area contributed by atoms with Crippen molar-refractivity contribution in [1.29, 1.82) is 0 Å². The summed E-state index contributed by atoms with van der Waals surface area (Å²) < 4.78 is 0. The second-order valence-electron chi connectivity index (χ2n) is 3.83. The molecular weight excluding hydrogens is 222 g/mol. The van der Waals surface area contributed by atoms with Crippen LogP contribution in [0.1, 0.15) is 36.4 Å². The van der Waals surface area contributed by atoms with Gasteiger partial charge in [0.2, 0.25) is 0 Å². The molecule has 1 unspecified atom stereocenters. The van der Waals surface area contributed by atoms with E-state index >= 15 is 0 Å². The molecule has 1 amide bonds. The van der Waals surface area contributed by atoms with Gasteiger partial charge in [0.15, 0.2) is 0 Å². The number of thiophene rings is 1. The van der Waals surface area contributed by atoms with Gasteiger partial charge in [-0.05, 0) is 17.4 Å². The second-order valence-corrected chi connectivity index (χ2v) is 4.78. The number of aliphatic hydroxyl groups excluding tert-OH is 1. The summed E-state index contributed by atoms with van der Waals surface area (Å²) in [4.78, 5) is 12.3. The number of hydrogen-bond acceptors (Lipinski definition) is 3. The fourth-order valence-electron chi connectivity index (χ4n) is 1.69. The Morgan fingerprint density at radius 1 is 1.50 bits per heavy atom. The van der Waals surface area contributed by atoms with Gasteiger partial charge in [-0.25, -0.2) is 0 Å². The van der Waals surface area contributed by atoms with Gasteiger partial charge >= 0.3 is 0 Å². The minimum Gasteiger partial charge on any atom is -0.391 e. The van der Waals surface area contributed by atoms with E-state index in [0.29, 0.717) is 11.4 Å². The molecule has 1 heterocycles. The monoisotopic (exact) mass is 241 g/mol. The van der Waals surface area contributed by atoms with Crippen LogP contribution >= 0.6 is 11.3 Å². The fraction of sp³-hybridized carbons (Fsp3) is 0.583. The zero-order valence-corrected chi connectivity index (χ0v) is 10.6. The first kappa shape index (κ1) is 13.2. The van der Waals surface area contributed by atoms with E-state index in [2.05, 4.69) is 19.2 Å². The van der Waals surface area contributed by atoms with Crippen molar-refractivity contribution < 1.29 is 9.90 Å². The van der Waals surface area contributed by atoms with Crippen molar-refractivity contribution in [2.24, 2.45) is 5.92 Å². The molecule has 0 fully saturated rings. The maximum Gasteiger partial charge on any atom is 0.261 e. The van der Waals surface area contributed by atoms with Crippen LogP contribution in [0.2, 0.25) is 0 Å². The topological polar surface area (TPSA) is 49.3 Å². The Bertz CT molecular complexity index is 307. The number of amides is 1. The largest absolute Gasteiger partial charge is 0.391 e. The first-order chi connectivity index (χ1) is 7.69.